The second-order valence-electron chi connectivity index (χ2n) is 2.96. The molecule has 2 N–H and O–H groups in total. The molecule has 0 spiro atoms. The number of nitrogens with zero attached hydrogens (tertiary/aromatic N) is 1. The van der Waals surface area contributed by atoms with Crippen LogP contribution in [-0.4, -0.2) is 23.0 Å². The Hall–Kier alpha value is -1.33. The van der Waals surface area contributed by atoms with E-state index in [1.54, 1.807) is 0 Å². The molecule has 0 saturated carbocycles. The molecule has 0 aromatic rings. The van der Waals surface area contributed by atoms with Gasteiger partial charge in [-0.05, 0) is 12.8 Å². The minimum absolute atomic E-state index is 0.482. The van der Waals surface area contributed by atoms with Crippen LogP contribution in [0.1, 0.15) is 45.4 Å². The Morgan fingerprint density at radius 2 is 1.60 bits per heavy atom. The zero-order valence-corrected chi connectivity index (χ0v) is 9.02. The number of rotatable bonds is 8. The van der Waals surface area contributed by atoms with Crippen molar-refractivity contribution in [3.8, 4) is 0 Å². The first-order valence-electron chi connectivity index (χ1n) is 5.01. The van der Waals surface area contributed by atoms with Crippen molar-refractivity contribution in [1.82, 2.24) is 0 Å². The molecule has 6 nitrogen and oxygen atoms in total. The lowest BCUT2D eigenvalue weighted by atomic mass is 10.1. The Morgan fingerprint density at radius 3 is 2.07 bits per heavy atom. The van der Waals surface area contributed by atoms with Crippen molar-refractivity contribution < 1.29 is 19.8 Å². The fourth-order valence-electron chi connectivity index (χ4n) is 0.984. The van der Waals surface area contributed by atoms with Gasteiger partial charge in [0.25, 0.3) is 0 Å². The minimum Gasteiger partial charge on any atom is -0.450 e. The van der Waals surface area contributed by atoms with Crippen molar-refractivity contribution in [2.45, 2.75) is 45.4 Å². The fourth-order valence-corrected chi connectivity index (χ4v) is 0.984. The van der Waals surface area contributed by atoms with Crippen LogP contribution in [0.5, 0.6) is 0 Å². The molecule has 0 radical (unpaired) electrons. The van der Waals surface area contributed by atoms with E-state index in [0.29, 0.717) is 6.61 Å². The highest BCUT2D eigenvalue weighted by atomic mass is 16.7. The molecule has 0 fully saturated rings. The molecule has 0 unspecified atom stereocenters. The fraction of sp³-hybridized carbons (Fsp3) is 0.889. The van der Waals surface area contributed by atoms with Gasteiger partial charge < -0.3 is 15.1 Å². The third kappa shape index (κ3) is 32.4. The summed E-state index contributed by atoms with van der Waals surface area (Å²) in [6.45, 7) is 2.68. The van der Waals surface area contributed by atoms with Crippen molar-refractivity contribution in [1.29, 1.82) is 0 Å². The van der Waals surface area contributed by atoms with Crippen LogP contribution in [0.25, 0.3) is 0 Å². The summed E-state index contributed by atoms with van der Waals surface area (Å²) in [5.74, 6) is 0. The quantitative estimate of drug-likeness (QED) is 0.372. The zero-order chi connectivity index (χ0) is 11.9. The Balaban J connectivity index is 0. The Bertz CT molecular complexity index is 147. The Morgan fingerprint density at radius 1 is 1.13 bits per heavy atom. The molecule has 6 heteroatoms. The highest BCUT2D eigenvalue weighted by Gasteiger charge is 1.89. The van der Waals surface area contributed by atoms with Gasteiger partial charge in [0.1, 0.15) is 6.61 Å². The molecular formula is C9H19NO5. The summed E-state index contributed by atoms with van der Waals surface area (Å²) in [5.41, 5.74) is 0. The molecule has 0 heterocycles. The van der Waals surface area contributed by atoms with Crippen molar-refractivity contribution >= 4 is 6.16 Å². The summed E-state index contributed by atoms with van der Waals surface area (Å²) in [7, 11) is 0. The van der Waals surface area contributed by atoms with E-state index in [-0.39, 0.29) is 0 Å². The molecule has 0 bridgehead atoms. The Kier molecular flexibility index (Phi) is 16.3. The summed E-state index contributed by atoms with van der Waals surface area (Å²) >= 11 is 0. The van der Waals surface area contributed by atoms with Crippen molar-refractivity contribution in [2.75, 3.05) is 6.61 Å². The first-order valence-corrected chi connectivity index (χ1v) is 5.01. The van der Waals surface area contributed by atoms with Crippen LogP contribution in [0.2, 0.25) is 0 Å². The zero-order valence-electron chi connectivity index (χ0n) is 9.02. The van der Waals surface area contributed by atoms with Crippen molar-refractivity contribution in [2.24, 2.45) is 5.34 Å². The smallest absolute Gasteiger partial charge is 0.450 e. The van der Waals surface area contributed by atoms with E-state index in [9.17, 15) is 4.91 Å². The molecule has 0 saturated heterocycles. The molecule has 0 aliphatic heterocycles. The van der Waals surface area contributed by atoms with Gasteiger partial charge in [0.05, 0.1) is 0 Å². The molecule has 90 valence electrons. The molecule has 0 aliphatic carbocycles. The summed E-state index contributed by atoms with van der Waals surface area (Å²) in [6.07, 6.45) is 5.39. The number of unbranched alkanes of at least 4 members (excludes halogenated alkanes) is 5. The van der Waals surface area contributed by atoms with Gasteiger partial charge in [-0.15, -0.1) is 4.91 Å². The standard InChI is InChI=1S/C8H17NO2.CH2O3/c1-2-3-4-5-6-7-8-11-9-10;2-1(3)4/h2-8H2,1H3;(H2,2,3,4). The molecule has 0 atom stereocenters. The maximum atomic E-state index is 9.47. The molecule has 15 heavy (non-hydrogen) atoms. The number of hydrogen-bond donors (Lipinski definition) is 2. The van der Waals surface area contributed by atoms with E-state index in [2.05, 4.69) is 17.1 Å². The van der Waals surface area contributed by atoms with Crippen LogP contribution in [0, 0.1) is 4.91 Å². The summed E-state index contributed by atoms with van der Waals surface area (Å²) < 4.78 is 0. The van der Waals surface area contributed by atoms with Crippen molar-refractivity contribution in [3.63, 3.8) is 0 Å². The van der Waals surface area contributed by atoms with Crippen LogP contribution >= 0.6 is 0 Å². The average Bonchev–Trinajstić information content (AvgIpc) is 2.16. The van der Waals surface area contributed by atoms with Crippen LogP contribution in [-0.2, 0) is 4.84 Å². The van der Waals surface area contributed by atoms with Gasteiger partial charge in [-0.25, -0.2) is 4.79 Å². The highest BCUT2D eigenvalue weighted by molar-refractivity contribution is 5.53. The summed E-state index contributed by atoms with van der Waals surface area (Å²) in [6, 6.07) is 0. The molecular weight excluding hydrogens is 202 g/mol. The van der Waals surface area contributed by atoms with Gasteiger partial charge in [-0.2, -0.15) is 0 Å². The van der Waals surface area contributed by atoms with E-state index in [1.165, 1.54) is 25.7 Å². The maximum Gasteiger partial charge on any atom is 0.503 e. The molecule has 0 aromatic carbocycles. The second kappa shape index (κ2) is 15.2. The van der Waals surface area contributed by atoms with Crippen LogP contribution < -0.4 is 0 Å². The molecule has 0 aromatic heterocycles. The first-order chi connectivity index (χ1) is 7.15. The van der Waals surface area contributed by atoms with E-state index in [4.69, 9.17) is 15.0 Å². The number of carbonyl (C=O) groups is 1. The van der Waals surface area contributed by atoms with Crippen LogP contribution in [0.4, 0.5) is 4.79 Å². The lowest BCUT2D eigenvalue weighted by Crippen LogP contribution is -1.86. The highest BCUT2D eigenvalue weighted by Crippen LogP contribution is 2.04. The topological polar surface area (TPSA) is 96.2 Å². The van der Waals surface area contributed by atoms with Gasteiger partial charge in [-0.3, -0.25) is 0 Å². The lowest BCUT2D eigenvalue weighted by Gasteiger charge is -1.97. The van der Waals surface area contributed by atoms with Gasteiger partial charge in [-0.1, -0.05) is 32.6 Å². The average molecular weight is 221 g/mol. The molecule has 0 rings (SSSR count). The monoisotopic (exact) mass is 221 g/mol. The Labute approximate surface area is 89.2 Å². The maximum absolute atomic E-state index is 9.47. The molecule has 0 amide bonds. The summed E-state index contributed by atoms with van der Waals surface area (Å²) in [4.78, 5) is 22.3. The van der Waals surface area contributed by atoms with Gasteiger partial charge >= 0.3 is 6.16 Å². The number of carboxylic acid groups (broad SMARTS) is 2. The minimum atomic E-state index is -1.83. The van der Waals surface area contributed by atoms with Gasteiger partial charge in [0.2, 0.25) is 0 Å². The predicted molar refractivity (Wildman–Crippen MR) is 55.8 cm³/mol. The second-order valence-corrected chi connectivity index (χ2v) is 2.96. The van der Waals surface area contributed by atoms with E-state index in [1.807, 2.05) is 0 Å². The largest absolute Gasteiger partial charge is 0.503 e. The van der Waals surface area contributed by atoms with Gasteiger partial charge in [0, 0.05) is 0 Å². The first kappa shape index (κ1) is 16.1. The van der Waals surface area contributed by atoms with Crippen molar-refractivity contribution in [3.05, 3.63) is 4.91 Å². The third-order valence-electron chi connectivity index (χ3n) is 1.64. The number of hydrogen-bond acceptors (Lipinski definition) is 4. The molecule has 0 aliphatic rings. The van der Waals surface area contributed by atoms with E-state index in [0.717, 1.165) is 12.8 Å². The van der Waals surface area contributed by atoms with Gasteiger partial charge in [0.15, 0.2) is 5.34 Å². The van der Waals surface area contributed by atoms with Crippen LogP contribution in [0.3, 0.4) is 0 Å². The van der Waals surface area contributed by atoms with E-state index >= 15 is 0 Å². The van der Waals surface area contributed by atoms with E-state index < -0.39 is 6.16 Å². The normalized spacial score (nSPS) is 8.60. The summed E-state index contributed by atoms with van der Waals surface area (Å²) in [5, 5.41) is 16.3. The predicted octanol–water partition coefficient (Wildman–Crippen LogP) is 3.27. The van der Waals surface area contributed by atoms with Crippen LogP contribution in [0.15, 0.2) is 5.34 Å². The third-order valence-corrected chi connectivity index (χ3v) is 1.64. The SMILES string of the molecule is CCCCCCCCON=O.O=C(O)O. The lowest BCUT2D eigenvalue weighted by molar-refractivity contribution is 0.135.